The first kappa shape index (κ1) is 26.0. The topological polar surface area (TPSA) is 27.7 Å². The maximum absolute atomic E-state index is 5.86. The van der Waals surface area contributed by atoms with Crippen molar-refractivity contribution in [3.63, 3.8) is 0 Å². The molecule has 152 valence electrons. The number of halogens is 3. The van der Waals surface area contributed by atoms with Crippen LogP contribution in [0.5, 0.6) is 0 Å². The lowest BCUT2D eigenvalue weighted by atomic mass is 10.1. The van der Waals surface area contributed by atoms with Crippen molar-refractivity contribution in [1.82, 2.24) is 0 Å². The highest BCUT2D eigenvalue weighted by Crippen LogP contribution is 2.27. The Morgan fingerprint density at radius 1 is 0.520 bits per heavy atom. The minimum absolute atomic E-state index is 0.683. The second-order valence-corrected chi connectivity index (χ2v) is 15.6. The summed E-state index contributed by atoms with van der Waals surface area (Å²) in [7, 11) is 0. The molecule has 0 aromatic rings. The van der Waals surface area contributed by atoms with Gasteiger partial charge in [0.15, 0.2) is 0 Å². The number of ether oxygens (including phenoxy) is 3. The van der Waals surface area contributed by atoms with Crippen LogP contribution in [0, 0.1) is 0 Å². The molecule has 0 amide bonds. The molecule has 0 saturated heterocycles. The Balaban J connectivity index is 3.01. The largest absolute Gasteiger partial charge is 0.381 e. The highest BCUT2D eigenvalue weighted by atomic mass is 35.8. The minimum atomic E-state index is -2.38. The predicted molar refractivity (Wildman–Crippen MR) is 112 cm³/mol. The van der Waals surface area contributed by atoms with Gasteiger partial charge in [-0.2, -0.15) is 0 Å². The van der Waals surface area contributed by atoms with E-state index in [2.05, 4.69) is 0 Å². The van der Waals surface area contributed by atoms with E-state index in [-0.39, 0.29) is 0 Å². The van der Waals surface area contributed by atoms with Crippen molar-refractivity contribution in [1.29, 1.82) is 0 Å². The molecule has 0 radical (unpaired) electrons. The SMILES string of the molecule is CCOCCOCCCOCCCCCCCCCCC[Si](Cl)(Cl)Cl. The molecule has 0 aliphatic carbocycles. The molecule has 7 heteroatoms. The molecular weight excluding hydrogens is 399 g/mol. The van der Waals surface area contributed by atoms with E-state index < -0.39 is 6.00 Å². The zero-order valence-electron chi connectivity index (χ0n) is 15.9. The molecule has 0 fully saturated rings. The number of hydrogen-bond donors (Lipinski definition) is 0. The average Bonchev–Trinajstić information content (AvgIpc) is 2.56. The Kier molecular flexibility index (Phi) is 20.5. The van der Waals surface area contributed by atoms with Gasteiger partial charge < -0.3 is 14.2 Å². The van der Waals surface area contributed by atoms with Crippen LogP contribution in [0.25, 0.3) is 0 Å². The van der Waals surface area contributed by atoms with Crippen LogP contribution in [0.3, 0.4) is 0 Å². The second-order valence-electron chi connectivity index (χ2n) is 6.32. The summed E-state index contributed by atoms with van der Waals surface area (Å²) in [4.78, 5) is 0. The van der Waals surface area contributed by atoms with E-state index in [9.17, 15) is 0 Å². The van der Waals surface area contributed by atoms with Crippen LogP contribution in [-0.4, -0.2) is 45.6 Å². The summed E-state index contributed by atoms with van der Waals surface area (Å²) in [5.74, 6) is 0. The first-order valence-corrected chi connectivity index (χ1v) is 15.1. The smallest absolute Gasteiger partial charge is 0.341 e. The third-order valence-electron chi connectivity index (χ3n) is 3.90. The van der Waals surface area contributed by atoms with Gasteiger partial charge in [0, 0.05) is 26.4 Å². The van der Waals surface area contributed by atoms with Gasteiger partial charge >= 0.3 is 6.00 Å². The lowest BCUT2D eigenvalue weighted by Crippen LogP contribution is -2.07. The molecule has 0 spiro atoms. The predicted octanol–water partition coefficient (Wildman–Crippen LogP) is 6.61. The van der Waals surface area contributed by atoms with Gasteiger partial charge in [0.2, 0.25) is 0 Å². The number of rotatable bonds is 20. The van der Waals surface area contributed by atoms with Crippen LogP contribution < -0.4 is 0 Å². The van der Waals surface area contributed by atoms with Gasteiger partial charge in [0.05, 0.1) is 13.2 Å². The Labute approximate surface area is 170 Å². The Morgan fingerprint density at radius 2 is 0.960 bits per heavy atom. The standard InChI is InChI=1S/C18H37Cl3O3Si/c1-2-22-16-17-24-15-12-14-23-13-10-8-6-4-3-5-7-9-11-18-25(19,20)21/h2-18H2,1H3. The highest BCUT2D eigenvalue weighted by molar-refractivity contribution is 7.64. The van der Waals surface area contributed by atoms with E-state index in [0.717, 1.165) is 45.3 Å². The van der Waals surface area contributed by atoms with Crippen LogP contribution in [-0.2, 0) is 14.2 Å². The monoisotopic (exact) mass is 434 g/mol. The summed E-state index contributed by atoms with van der Waals surface area (Å²) in [5.41, 5.74) is 0. The van der Waals surface area contributed by atoms with Gasteiger partial charge in [-0.05, 0) is 25.8 Å². The van der Waals surface area contributed by atoms with Gasteiger partial charge in [-0.15, -0.1) is 33.2 Å². The maximum atomic E-state index is 5.86. The van der Waals surface area contributed by atoms with Crippen molar-refractivity contribution < 1.29 is 14.2 Å². The zero-order chi connectivity index (χ0) is 18.6. The average molecular weight is 436 g/mol. The summed E-state index contributed by atoms with van der Waals surface area (Å²) in [6.45, 7) is 6.55. The molecule has 0 aliphatic rings. The van der Waals surface area contributed by atoms with Gasteiger partial charge in [0.25, 0.3) is 0 Å². The molecule has 0 rings (SSSR count). The molecule has 0 bridgehead atoms. The van der Waals surface area contributed by atoms with E-state index in [1.54, 1.807) is 0 Å². The fourth-order valence-corrected chi connectivity index (χ4v) is 4.35. The fraction of sp³-hybridized carbons (Fsp3) is 1.00. The molecule has 0 atom stereocenters. The fourth-order valence-electron chi connectivity index (χ4n) is 2.50. The molecule has 0 unspecified atom stereocenters. The molecule has 0 aromatic heterocycles. The number of hydrogen-bond acceptors (Lipinski definition) is 3. The van der Waals surface area contributed by atoms with Gasteiger partial charge in [-0.25, -0.2) is 0 Å². The molecule has 0 N–H and O–H groups in total. The van der Waals surface area contributed by atoms with Crippen LogP contribution in [0.4, 0.5) is 0 Å². The Morgan fingerprint density at radius 3 is 1.52 bits per heavy atom. The molecule has 0 aromatic carbocycles. The summed E-state index contributed by atoms with van der Waals surface area (Å²) < 4.78 is 16.3. The lowest BCUT2D eigenvalue weighted by Gasteiger charge is -2.07. The summed E-state index contributed by atoms with van der Waals surface area (Å²) in [6.07, 6.45) is 12.2. The van der Waals surface area contributed by atoms with E-state index in [1.165, 1.54) is 51.4 Å². The molecular formula is C18H37Cl3O3Si. The van der Waals surface area contributed by atoms with Crippen LogP contribution in [0.2, 0.25) is 6.04 Å². The lowest BCUT2D eigenvalue weighted by molar-refractivity contribution is 0.0389. The highest BCUT2D eigenvalue weighted by Gasteiger charge is 2.23. The molecule has 0 saturated carbocycles. The minimum Gasteiger partial charge on any atom is -0.381 e. The molecule has 0 aliphatic heterocycles. The van der Waals surface area contributed by atoms with Crippen LogP contribution in [0.15, 0.2) is 0 Å². The molecule has 25 heavy (non-hydrogen) atoms. The van der Waals surface area contributed by atoms with Crippen molar-refractivity contribution in [3.8, 4) is 0 Å². The van der Waals surface area contributed by atoms with Gasteiger partial charge in [0.1, 0.15) is 0 Å². The molecule has 3 nitrogen and oxygen atoms in total. The normalized spacial score (nSPS) is 12.0. The van der Waals surface area contributed by atoms with Crippen molar-refractivity contribution in [2.24, 2.45) is 0 Å². The van der Waals surface area contributed by atoms with Crippen molar-refractivity contribution in [2.45, 2.75) is 77.2 Å². The van der Waals surface area contributed by atoms with Crippen LogP contribution in [0.1, 0.15) is 71.1 Å². The Hall–Kier alpha value is 0.967. The first-order valence-electron chi connectivity index (χ1n) is 9.86. The molecule has 0 heterocycles. The summed E-state index contributed by atoms with van der Waals surface area (Å²) in [5, 5.41) is 0. The number of unbranched alkanes of at least 4 members (excludes halogenated alkanes) is 8. The summed E-state index contributed by atoms with van der Waals surface area (Å²) >= 11 is 17.6. The second kappa shape index (κ2) is 19.7. The summed E-state index contributed by atoms with van der Waals surface area (Å²) in [6, 6.07) is -1.57. The third kappa shape index (κ3) is 25.0. The van der Waals surface area contributed by atoms with E-state index >= 15 is 0 Å². The van der Waals surface area contributed by atoms with E-state index in [0.29, 0.717) is 13.2 Å². The zero-order valence-corrected chi connectivity index (χ0v) is 19.1. The quantitative estimate of drug-likeness (QED) is 0.122. The third-order valence-corrected chi connectivity index (χ3v) is 6.52. The Bertz CT molecular complexity index is 266. The van der Waals surface area contributed by atoms with E-state index in [4.69, 9.17) is 47.4 Å². The van der Waals surface area contributed by atoms with Crippen molar-refractivity contribution >= 4 is 39.2 Å². The van der Waals surface area contributed by atoms with Gasteiger partial charge in [-0.1, -0.05) is 51.4 Å². The van der Waals surface area contributed by atoms with E-state index in [1.807, 2.05) is 6.92 Å². The van der Waals surface area contributed by atoms with Crippen LogP contribution >= 0.6 is 33.2 Å². The van der Waals surface area contributed by atoms with Crippen molar-refractivity contribution in [3.05, 3.63) is 0 Å². The first-order chi connectivity index (χ1) is 12.1. The van der Waals surface area contributed by atoms with Crippen molar-refractivity contribution in [2.75, 3.05) is 39.6 Å². The maximum Gasteiger partial charge on any atom is 0.341 e. The van der Waals surface area contributed by atoms with Gasteiger partial charge in [-0.3, -0.25) is 0 Å².